The van der Waals surface area contributed by atoms with E-state index in [1.165, 1.54) is 11.5 Å². The van der Waals surface area contributed by atoms with E-state index in [-0.39, 0.29) is 5.78 Å². The minimum absolute atomic E-state index is 0.0635. The van der Waals surface area contributed by atoms with E-state index in [2.05, 4.69) is 10.2 Å². The Hall–Kier alpha value is -0.710. The highest BCUT2D eigenvalue weighted by Crippen LogP contribution is 2.21. The molecule has 0 amide bonds. The van der Waals surface area contributed by atoms with E-state index in [0.717, 1.165) is 31.9 Å². The molecule has 1 aliphatic rings. The Kier molecular flexibility index (Phi) is 5.55. The quantitative estimate of drug-likeness (QED) is 0.847. The molecule has 1 aromatic carbocycles. The molecular formula is C14H19ClN2OS. The fourth-order valence-electron chi connectivity index (χ4n) is 2.14. The number of carbonyl (C=O) groups is 1. The van der Waals surface area contributed by atoms with Crippen molar-refractivity contribution in [3.05, 3.63) is 28.8 Å². The zero-order chi connectivity index (χ0) is 13.7. The van der Waals surface area contributed by atoms with E-state index < -0.39 is 0 Å². The summed E-state index contributed by atoms with van der Waals surface area (Å²) >= 11 is 8.00. The Morgan fingerprint density at radius 2 is 2.16 bits per heavy atom. The van der Waals surface area contributed by atoms with Crippen LogP contribution in [0.15, 0.2) is 18.2 Å². The molecule has 19 heavy (non-hydrogen) atoms. The van der Waals surface area contributed by atoms with Crippen molar-refractivity contribution >= 4 is 34.8 Å². The molecule has 1 N–H and O–H groups in total. The largest absolute Gasteiger partial charge is 0.383 e. The lowest BCUT2D eigenvalue weighted by atomic mass is 10.1. The number of benzene rings is 1. The van der Waals surface area contributed by atoms with Crippen molar-refractivity contribution in [2.24, 2.45) is 0 Å². The molecule has 1 saturated heterocycles. The Morgan fingerprint density at radius 3 is 2.84 bits per heavy atom. The van der Waals surface area contributed by atoms with Crippen LogP contribution >= 0.6 is 23.4 Å². The average molecular weight is 299 g/mol. The van der Waals surface area contributed by atoms with E-state index in [9.17, 15) is 4.79 Å². The molecule has 3 nitrogen and oxygen atoms in total. The fourth-order valence-corrected chi connectivity index (χ4v) is 3.29. The molecule has 1 aliphatic heterocycles. The molecule has 0 spiro atoms. The van der Waals surface area contributed by atoms with Gasteiger partial charge in [-0.2, -0.15) is 11.8 Å². The third-order valence-corrected chi connectivity index (χ3v) is 4.39. The van der Waals surface area contributed by atoms with Crippen molar-refractivity contribution in [1.82, 2.24) is 4.90 Å². The predicted octanol–water partition coefficient (Wildman–Crippen LogP) is 3.00. The van der Waals surface area contributed by atoms with Crippen LogP contribution in [0.5, 0.6) is 0 Å². The Bertz CT molecular complexity index is 447. The number of carbonyl (C=O) groups excluding carboxylic acids is 1. The molecule has 0 radical (unpaired) electrons. The molecule has 5 heteroatoms. The summed E-state index contributed by atoms with van der Waals surface area (Å²) in [6.45, 7) is 5.73. The summed E-state index contributed by atoms with van der Waals surface area (Å²) in [4.78, 5) is 14.0. The average Bonchev–Trinajstić information content (AvgIpc) is 2.39. The molecule has 0 aromatic heterocycles. The van der Waals surface area contributed by atoms with Crippen LogP contribution in [0.1, 0.15) is 17.3 Å². The van der Waals surface area contributed by atoms with Crippen LogP contribution in [-0.4, -0.2) is 48.4 Å². The van der Waals surface area contributed by atoms with Crippen molar-refractivity contribution in [2.75, 3.05) is 43.0 Å². The molecular weight excluding hydrogens is 280 g/mol. The number of rotatable bonds is 5. The molecule has 0 saturated carbocycles. The number of halogens is 1. The van der Waals surface area contributed by atoms with E-state index in [0.29, 0.717) is 10.6 Å². The van der Waals surface area contributed by atoms with Gasteiger partial charge in [0.2, 0.25) is 0 Å². The summed E-state index contributed by atoms with van der Waals surface area (Å²) in [6, 6.07) is 5.36. The van der Waals surface area contributed by atoms with Crippen LogP contribution in [-0.2, 0) is 0 Å². The van der Waals surface area contributed by atoms with Gasteiger partial charge < -0.3 is 5.32 Å². The van der Waals surface area contributed by atoms with Crippen molar-refractivity contribution in [3.8, 4) is 0 Å². The van der Waals surface area contributed by atoms with Gasteiger partial charge in [0.25, 0.3) is 0 Å². The number of nitrogens with one attached hydrogen (secondary N) is 1. The number of nitrogens with zero attached hydrogens (tertiary/aromatic N) is 1. The Labute approximate surface area is 123 Å². The van der Waals surface area contributed by atoms with E-state index in [4.69, 9.17) is 11.6 Å². The van der Waals surface area contributed by atoms with Crippen LogP contribution in [0.4, 0.5) is 5.69 Å². The van der Waals surface area contributed by atoms with Crippen LogP contribution in [0.25, 0.3) is 0 Å². The number of hydrogen-bond acceptors (Lipinski definition) is 4. The third-order valence-electron chi connectivity index (χ3n) is 3.21. The number of anilines is 1. The van der Waals surface area contributed by atoms with E-state index >= 15 is 0 Å². The highest BCUT2D eigenvalue weighted by Gasteiger charge is 2.11. The van der Waals surface area contributed by atoms with Gasteiger partial charge in [-0.3, -0.25) is 9.69 Å². The Morgan fingerprint density at radius 1 is 1.42 bits per heavy atom. The zero-order valence-electron chi connectivity index (χ0n) is 11.1. The first-order chi connectivity index (χ1) is 9.16. The summed E-state index contributed by atoms with van der Waals surface area (Å²) in [5.74, 6) is 2.50. The van der Waals surface area contributed by atoms with Gasteiger partial charge in [0, 0.05) is 54.0 Å². The topological polar surface area (TPSA) is 32.3 Å². The molecule has 2 rings (SSSR count). The predicted molar refractivity (Wildman–Crippen MR) is 83.7 cm³/mol. The first-order valence-corrected chi connectivity index (χ1v) is 8.04. The SMILES string of the molecule is CC(=O)c1ccc(Cl)cc1NCCN1CCSCC1. The molecule has 1 aromatic rings. The molecule has 104 valence electrons. The zero-order valence-corrected chi connectivity index (χ0v) is 12.7. The first kappa shape index (κ1) is 14.7. The summed E-state index contributed by atoms with van der Waals surface area (Å²) < 4.78 is 0. The minimum atomic E-state index is 0.0635. The highest BCUT2D eigenvalue weighted by atomic mass is 35.5. The second-order valence-electron chi connectivity index (χ2n) is 4.63. The fraction of sp³-hybridized carbons (Fsp3) is 0.500. The van der Waals surface area contributed by atoms with Crippen LogP contribution in [0.3, 0.4) is 0 Å². The lowest BCUT2D eigenvalue weighted by molar-refractivity contribution is 0.101. The minimum Gasteiger partial charge on any atom is -0.383 e. The standard InChI is InChI=1S/C14H19ClN2OS/c1-11(18)13-3-2-12(15)10-14(13)16-4-5-17-6-8-19-9-7-17/h2-3,10,16H,4-9H2,1H3. The number of Topliss-reactive ketones (excluding diaryl/α,β-unsaturated/α-hetero) is 1. The maximum Gasteiger partial charge on any atom is 0.161 e. The Balaban J connectivity index is 1.91. The van der Waals surface area contributed by atoms with Crippen LogP contribution < -0.4 is 5.32 Å². The lowest BCUT2D eigenvalue weighted by Gasteiger charge is -2.26. The first-order valence-electron chi connectivity index (χ1n) is 6.51. The summed E-state index contributed by atoms with van der Waals surface area (Å²) in [7, 11) is 0. The van der Waals surface area contributed by atoms with Crippen LogP contribution in [0, 0.1) is 0 Å². The maximum atomic E-state index is 11.5. The van der Waals surface area contributed by atoms with Gasteiger partial charge in [0.15, 0.2) is 5.78 Å². The molecule has 0 bridgehead atoms. The number of hydrogen-bond donors (Lipinski definition) is 1. The monoisotopic (exact) mass is 298 g/mol. The van der Waals surface area contributed by atoms with Gasteiger partial charge in [-0.15, -0.1) is 0 Å². The van der Waals surface area contributed by atoms with Gasteiger partial charge >= 0.3 is 0 Å². The normalized spacial score (nSPS) is 16.3. The van der Waals surface area contributed by atoms with Gasteiger partial charge in [-0.25, -0.2) is 0 Å². The summed E-state index contributed by atoms with van der Waals surface area (Å²) in [5.41, 5.74) is 1.55. The molecule has 1 fully saturated rings. The molecule has 0 atom stereocenters. The van der Waals surface area contributed by atoms with Crippen LogP contribution in [0.2, 0.25) is 5.02 Å². The second-order valence-corrected chi connectivity index (χ2v) is 6.29. The number of thioether (sulfide) groups is 1. The van der Waals surface area contributed by atoms with E-state index in [1.54, 1.807) is 19.1 Å². The van der Waals surface area contributed by atoms with Gasteiger partial charge in [-0.1, -0.05) is 11.6 Å². The number of ketones is 1. The van der Waals surface area contributed by atoms with Crippen molar-refractivity contribution in [2.45, 2.75) is 6.92 Å². The maximum absolute atomic E-state index is 11.5. The van der Waals surface area contributed by atoms with Crippen molar-refractivity contribution in [3.63, 3.8) is 0 Å². The highest BCUT2D eigenvalue weighted by molar-refractivity contribution is 7.99. The lowest BCUT2D eigenvalue weighted by Crippen LogP contribution is -2.36. The van der Waals surface area contributed by atoms with E-state index in [1.807, 2.05) is 17.8 Å². The molecule has 1 heterocycles. The summed E-state index contributed by atoms with van der Waals surface area (Å²) in [5, 5.41) is 3.98. The van der Waals surface area contributed by atoms with Gasteiger partial charge in [-0.05, 0) is 25.1 Å². The van der Waals surface area contributed by atoms with Crippen molar-refractivity contribution < 1.29 is 4.79 Å². The van der Waals surface area contributed by atoms with Crippen molar-refractivity contribution in [1.29, 1.82) is 0 Å². The molecule has 0 unspecified atom stereocenters. The van der Waals surface area contributed by atoms with Gasteiger partial charge in [0.1, 0.15) is 0 Å². The van der Waals surface area contributed by atoms with Gasteiger partial charge in [0.05, 0.1) is 0 Å². The smallest absolute Gasteiger partial charge is 0.161 e. The summed E-state index contributed by atoms with van der Waals surface area (Å²) in [6.07, 6.45) is 0. The molecule has 0 aliphatic carbocycles. The third kappa shape index (κ3) is 4.41. The second kappa shape index (κ2) is 7.17.